The van der Waals surface area contributed by atoms with Gasteiger partial charge < -0.3 is 9.84 Å². The molecule has 0 radical (unpaired) electrons. The summed E-state index contributed by atoms with van der Waals surface area (Å²) in [5, 5.41) is 8.97. The van der Waals surface area contributed by atoms with Crippen molar-refractivity contribution in [1.29, 1.82) is 0 Å². The molecule has 18 heavy (non-hydrogen) atoms. The second-order valence-electron chi connectivity index (χ2n) is 5.09. The lowest BCUT2D eigenvalue weighted by Gasteiger charge is -2.38. The van der Waals surface area contributed by atoms with Crippen LogP contribution in [0.5, 0.6) is 5.75 Å². The summed E-state index contributed by atoms with van der Waals surface area (Å²) >= 11 is 0. The van der Waals surface area contributed by atoms with Crippen molar-refractivity contribution in [2.24, 2.45) is 5.92 Å². The Morgan fingerprint density at radius 3 is 2.61 bits per heavy atom. The molecule has 1 N–H and O–H groups in total. The topological polar surface area (TPSA) is 32.7 Å². The minimum Gasteiger partial charge on any atom is -0.494 e. The first-order valence-electron chi connectivity index (χ1n) is 6.86. The number of hydrogen-bond acceptors (Lipinski definition) is 3. The number of unbranched alkanes of at least 4 members (excludes halogenated alkanes) is 1. The third-order valence-corrected chi connectivity index (χ3v) is 3.39. The van der Waals surface area contributed by atoms with Gasteiger partial charge >= 0.3 is 0 Å². The van der Waals surface area contributed by atoms with Gasteiger partial charge in [0.1, 0.15) is 5.75 Å². The maximum atomic E-state index is 8.97. The molecule has 1 aliphatic rings. The van der Waals surface area contributed by atoms with Gasteiger partial charge in [0.05, 0.1) is 6.61 Å². The van der Waals surface area contributed by atoms with E-state index in [9.17, 15) is 0 Å². The van der Waals surface area contributed by atoms with Crippen LogP contribution in [0.15, 0.2) is 24.3 Å². The molecular weight excluding hydrogens is 226 g/mol. The maximum absolute atomic E-state index is 8.97. The van der Waals surface area contributed by atoms with Crippen molar-refractivity contribution in [3.63, 3.8) is 0 Å². The van der Waals surface area contributed by atoms with Crippen LogP contribution in [-0.4, -0.2) is 36.3 Å². The standard InChI is InChI=1S/C15H23NO2/c1-2-3-8-18-15-6-4-13(5-7-15)9-16-10-14(11-16)12-17/h4-7,14,17H,2-3,8-12H2,1H3. The highest BCUT2D eigenvalue weighted by Gasteiger charge is 2.25. The molecule has 0 spiro atoms. The van der Waals surface area contributed by atoms with Gasteiger partial charge in [-0.25, -0.2) is 0 Å². The van der Waals surface area contributed by atoms with Crippen molar-refractivity contribution in [3.8, 4) is 5.75 Å². The molecule has 2 rings (SSSR count). The predicted molar refractivity (Wildman–Crippen MR) is 72.7 cm³/mol. The summed E-state index contributed by atoms with van der Waals surface area (Å²) in [7, 11) is 0. The van der Waals surface area contributed by atoms with Crippen LogP contribution in [0.25, 0.3) is 0 Å². The Balaban J connectivity index is 1.74. The van der Waals surface area contributed by atoms with Gasteiger partial charge in [-0.15, -0.1) is 0 Å². The van der Waals surface area contributed by atoms with Crippen LogP contribution in [0.3, 0.4) is 0 Å². The molecule has 1 aromatic rings. The lowest BCUT2D eigenvalue weighted by molar-refractivity contribution is 0.0479. The van der Waals surface area contributed by atoms with E-state index >= 15 is 0 Å². The fourth-order valence-corrected chi connectivity index (χ4v) is 2.21. The van der Waals surface area contributed by atoms with Crippen LogP contribution in [-0.2, 0) is 6.54 Å². The highest BCUT2D eigenvalue weighted by atomic mass is 16.5. The number of aliphatic hydroxyl groups is 1. The maximum Gasteiger partial charge on any atom is 0.119 e. The molecule has 1 aromatic carbocycles. The molecule has 0 saturated carbocycles. The van der Waals surface area contributed by atoms with Gasteiger partial charge in [-0.1, -0.05) is 25.5 Å². The van der Waals surface area contributed by atoms with Crippen molar-refractivity contribution >= 4 is 0 Å². The summed E-state index contributed by atoms with van der Waals surface area (Å²) in [6, 6.07) is 8.36. The fraction of sp³-hybridized carbons (Fsp3) is 0.600. The number of benzene rings is 1. The third-order valence-electron chi connectivity index (χ3n) is 3.39. The fourth-order valence-electron chi connectivity index (χ4n) is 2.21. The highest BCUT2D eigenvalue weighted by molar-refractivity contribution is 5.27. The molecule has 100 valence electrons. The van der Waals surface area contributed by atoms with Crippen LogP contribution in [0.1, 0.15) is 25.3 Å². The Kier molecular flexibility index (Phi) is 5.02. The second kappa shape index (κ2) is 6.76. The van der Waals surface area contributed by atoms with Crippen molar-refractivity contribution in [1.82, 2.24) is 4.90 Å². The van der Waals surface area contributed by atoms with Crippen molar-refractivity contribution in [2.75, 3.05) is 26.3 Å². The van der Waals surface area contributed by atoms with Crippen molar-refractivity contribution < 1.29 is 9.84 Å². The Hall–Kier alpha value is -1.06. The van der Waals surface area contributed by atoms with Crippen LogP contribution < -0.4 is 4.74 Å². The highest BCUT2D eigenvalue weighted by Crippen LogP contribution is 2.19. The number of likely N-dealkylation sites (tertiary alicyclic amines) is 1. The minimum atomic E-state index is 0.320. The smallest absolute Gasteiger partial charge is 0.119 e. The number of aliphatic hydroxyl groups excluding tert-OH is 1. The van der Waals surface area contributed by atoms with E-state index in [4.69, 9.17) is 9.84 Å². The van der Waals surface area contributed by atoms with Gasteiger partial charge in [-0.2, -0.15) is 0 Å². The molecule has 0 atom stereocenters. The van der Waals surface area contributed by atoms with Gasteiger partial charge in [-0.3, -0.25) is 4.90 Å². The number of ether oxygens (including phenoxy) is 1. The molecule has 1 saturated heterocycles. The lowest BCUT2D eigenvalue weighted by atomic mass is 10.0. The zero-order valence-electron chi connectivity index (χ0n) is 11.1. The zero-order valence-corrected chi connectivity index (χ0v) is 11.1. The van der Waals surface area contributed by atoms with Gasteiger partial charge in [0.15, 0.2) is 0 Å². The van der Waals surface area contributed by atoms with Gasteiger partial charge in [0.25, 0.3) is 0 Å². The van der Waals surface area contributed by atoms with Crippen LogP contribution in [0, 0.1) is 5.92 Å². The number of hydrogen-bond donors (Lipinski definition) is 1. The molecule has 0 aliphatic carbocycles. The molecule has 0 aromatic heterocycles. The Bertz CT molecular complexity index is 344. The first kappa shape index (κ1) is 13.4. The summed E-state index contributed by atoms with van der Waals surface area (Å²) in [5.41, 5.74) is 1.31. The average Bonchev–Trinajstić information content (AvgIpc) is 2.35. The average molecular weight is 249 g/mol. The zero-order chi connectivity index (χ0) is 12.8. The van der Waals surface area contributed by atoms with Crippen molar-refractivity contribution in [3.05, 3.63) is 29.8 Å². The Morgan fingerprint density at radius 1 is 1.28 bits per heavy atom. The van der Waals surface area contributed by atoms with E-state index in [0.29, 0.717) is 12.5 Å². The molecule has 0 unspecified atom stereocenters. The first-order valence-corrected chi connectivity index (χ1v) is 6.86. The molecule has 1 heterocycles. The number of nitrogens with zero attached hydrogens (tertiary/aromatic N) is 1. The molecule has 0 bridgehead atoms. The van der Waals surface area contributed by atoms with Gasteiger partial charge in [0, 0.05) is 32.2 Å². The summed E-state index contributed by atoms with van der Waals surface area (Å²) in [6.07, 6.45) is 2.27. The molecule has 1 fully saturated rings. The minimum absolute atomic E-state index is 0.320. The first-order chi connectivity index (χ1) is 8.81. The van der Waals surface area contributed by atoms with Crippen LogP contribution in [0.4, 0.5) is 0 Å². The molecule has 3 heteroatoms. The largest absolute Gasteiger partial charge is 0.494 e. The van der Waals surface area contributed by atoms with E-state index < -0.39 is 0 Å². The van der Waals surface area contributed by atoms with E-state index in [1.54, 1.807) is 0 Å². The van der Waals surface area contributed by atoms with Crippen molar-refractivity contribution in [2.45, 2.75) is 26.3 Å². The predicted octanol–water partition coefficient (Wildman–Crippen LogP) is 2.29. The molecule has 0 amide bonds. The third kappa shape index (κ3) is 3.72. The Labute approximate surface area is 109 Å². The normalized spacial score (nSPS) is 16.6. The van der Waals surface area contributed by atoms with E-state index in [0.717, 1.165) is 38.4 Å². The summed E-state index contributed by atoms with van der Waals surface area (Å²) in [4.78, 5) is 2.35. The van der Waals surface area contributed by atoms with Gasteiger partial charge in [0.2, 0.25) is 0 Å². The van der Waals surface area contributed by atoms with Crippen LogP contribution >= 0.6 is 0 Å². The molecule has 1 aliphatic heterocycles. The summed E-state index contributed by atoms with van der Waals surface area (Å²) in [5.74, 6) is 1.45. The quantitative estimate of drug-likeness (QED) is 0.753. The van der Waals surface area contributed by atoms with E-state index in [1.165, 1.54) is 12.0 Å². The Morgan fingerprint density at radius 2 is 2.00 bits per heavy atom. The van der Waals surface area contributed by atoms with E-state index in [1.807, 2.05) is 12.1 Å². The molecule has 3 nitrogen and oxygen atoms in total. The van der Waals surface area contributed by atoms with E-state index in [2.05, 4.69) is 24.0 Å². The second-order valence-corrected chi connectivity index (χ2v) is 5.09. The van der Waals surface area contributed by atoms with Crippen LogP contribution in [0.2, 0.25) is 0 Å². The molecular formula is C15H23NO2. The monoisotopic (exact) mass is 249 g/mol. The summed E-state index contributed by atoms with van der Waals surface area (Å²) < 4.78 is 5.63. The summed E-state index contributed by atoms with van der Waals surface area (Å²) in [6.45, 7) is 6.31. The van der Waals surface area contributed by atoms with Gasteiger partial charge in [-0.05, 0) is 24.1 Å². The number of rotatable bonds is 7. The lowest BCUT2D eigenvalue weighted by Crippen LogP contribution is -2.47. The van der Waals surface area contributed by atoms with E-state index in [-0.39, 0.29) is 0 Å². The SMILES string of the molecule is CCCCOc1ccc(CN2CC(CO)C2)cc1.